The first-order valence-electron chi connectivity index (χ1n) is 8.24. The molecule has 1 aliphatic carbocycles. The smallest absolute Gasteiger partial charge is 0.409 e. The summed E-state index contributed by atoms with van der Waals surface area (Å²) in [6.07, 6.45) is 2.97. The molecule has 134 valence electrons. The lowest BCUT2D eigenvalue weighted by molar-refractivity contribution is -0.391. The Bertz CT molecular complexity index is 860. The van der Waals surface area contributed by atoms with E-state index in [0.717, 1.165) is 24.1 Å². The molecule has 1 heterocycles. The molecule has 25 heavy (non-hydrogen) atoms. The molecule has 0 amide bonds. The molecule has 2 aromatic rings. The first-order chi connectivity index (χ1) is 11.9. The lowest BCUT2D eigenvalue weighted by atomic mass is 9.78. The van der Waals surface area contributed by atoms with Gasteiger partial charge in [-0.1, -0.05) is 49.2 Å². The average Bonchev–Trinajstić information content (AvgIpc) is 2.89. The molecule has 1 aromatic heterocycles. The van der Waals surface area contributed by atoms with Gasteiger partial charge in [-0.2, -0.15) is 0 Å². The minimum atomic E-state index is -0.635. The molecule has 3 atom stereocenters. The number of benzene rings is 1. The summed E-state index contributed by atoms with van der Waals surface area (Å²) in [5.41, 5.74) is 0.264. The minimum absolute atomic E-state index is 0.0853. The molecule has 1 N–H and O–H groups in total. The highest BCUT2D eigenvalue weighted by atomic mass is 35.5. The Balaban J connectivity index is 2.13. The summed E-state index contributed by atoms with van der Waals surface area (Å²) >= 11 is 5.96. The van der Waals surface area contributed by atoms with Gasteiger partial charge in [0.25, 0.3) is 5.49 Å². The van der Waals surface area contributed by atoms with Crippen LogP contribution in [0.4, 0.5) is 5.82 Å². The first kappa shape index (κ1) is 17.5. The van der Waals surface area contributed by atoms with Crippen molar-refractivity contribution in [2.75, 3.05) is 0 Å². The summed E-state index contributed by atoms with van der Waals surface area (Å²) < 4.78 is 0. The number of hydrogen-bond donors (Lipinski definition) is 1. The van der Waals surface area contributed by atoms with E-state index >= 15 is 0 Å². The number of nitro groups is 1. The fourth-order valence-corrected chi connectivity index (χ4v) is 3.43. The fraction of sp³-hybridized carbons (Fsp3) is 0.500. The maximum Gasteiger partial charge on any atom is 0.438 e. The van der Waals surface area contributed by atoms with Crippen molar-refractivity contribution in [2.24, 2.45) is 16.8 Å². The molecule has 0 spiro atoms. The molecule has 3 rings (SSSR count). The molecule has 0 radical (unpaired) electrons. The molecular formula is C16H20ClN5O3. The van der Waals surface area contributed by atoms with Gasteiger partial charge < -0.3 is 15.3 Å². The van der Waals surface area contributed by atoms with E-state index in [1.165, 1.54) is 0 Å². The topological polar surface area (TPSA) is 98.5 Å². The fourth-order valence-electron chi connectivity index (χ4n) is 3.24. The largest absolute Gasteiger partial charge is 0.438 e. The SMILES string of the molecule is C[C@H]1[C@H](C)CCC[C@H]1N=c1c([N+](=O)[O-])nn(-c2cccc(Cl)c2)n1O. The highest BCUT2D eigenvalue weighted by Gasteiger charge is 2.30. The second-order valence-corrected chi connectivity index (χ2v) is 6.96. The number of aromatic nitrogens is 3. The molecule has 0 unspecified atom stereocenters. The zero-order valence-electron chi connectivity index (χ0n) is 14.0. The zero-order valence-corrected chi connectivity index (χ0v) is 14.8. The van der Waals surface area contributed by atoms with Crippen LogP contribution in [0.1, 0.15) is 33.1 Å². The molecule has 8 nitrogen and oxygen atoms in total. The van der Waals surface area contributed by atoms with Crippen molar-refractivity contribution in [3.05, 3.63) is 44.9 Å². The quantitative estimate of drug-likeness (QED) is 0.513. The summed E-state index contributed by atoms with van der Waals surface area (Å²) in [6, 6.07) is 6.45. The van der Waals surface area contributed by atoms with Crippen LogP contribution in [0.25, 0.3) is 5.69 Å². The second kappa shape index (κ2) is 6.87. The van der Waals surface area contributed by atoms with Crippen molar-refractivity contribution in [2.45, 2.75) is 39.2 Å². The lowest BCUT2D eigenvalue weighted by Gasteiger charge is -2.31. The van der Waals surface area contributed by atoms with E-state index in [0.29, 0.717) is 21.5 Å². The minimum Gasteiger partial charge on any atom is -0.409 e. The molecule has 0 bridgehead atoms. The Morgan fingerprint density at radius 2 is 2.16 bits per heavy atom. The van der Waals surface area contributed by atoms with Crippen LogP contribution in [-0.4, -0.2) is 30.9 Å². The van der Waals surface area contributed by atoms with E-state index in [9.17, 15) is 15.3 Å². The van der Waals surface area contributed by atoms with Crippen molar-refractivity contribution in [1.29, 1.82) is 0 Å². The van der Waals surface area contributed by atoms with Gasteiger partial charge in [0.1, 0.15) is 5.69 Å². The highest BCUT2D eigenvalue weighted by Crippen LogP contribution is 2.31. The van der Waals surface area contributed by atoms with Gasteiger partial charge in [0.2, 0.25) is 0 Å². The summed E-state index contributed by atoms with van der Waals surface area (Å²) in [5, 5.41) is 26.2. The van der Waals surface area contributed by atoms with Crippen LogP contribution in [0.15, 0.2) is 29.3 Å². The van der Waals surface area contributed by atoms with Gasteiger partial charge in [0.05, 0.1) is 11.1 Å². The zero-order chi connectivity index (χ0) is 18.1. The van der Waals surface area contributed by atoms with Crippen molar-refractivity contribution in [1.82, 2.24) is 14.7 Å². The van der Waals surface area contributed by atoms with Gasteiger partial charge in [-0.3, -0.25) is 4.99 Å². The maximum atomic E-state index is 11.4. The average molecular weight is 366 g/mol. The number of halogens is 1. The number of hydrogen-bond acceptors (Lipinski definition) is 5. The molecule has 0 aliphatic heterocycles. The van der Waals surface area contributed by atoms with Crippen LogP contribution in [0.2, 0.25) is 5.02 Å². The van der Waals surface area contributed by atoms with Gasteiger partial charge in [-0.15, -0.1) is 0 Å². The molecule has 0 saturated heterocycles. The van der Waals surface area contributed by atoms with Crippen molar-refractivity contribution in [3.8, 4) is 5.69 Å². The van der Waals surface area contributed by atoms with Gasteiger partial charge in [-0.05, 0) is 46.2 Å². The summed E-state index contributed by atoms with van der Waals surface area (Å²) in [6.45, 7) is 4.25. The Morgan fingerprint density at radius 3 is 2.84 bits per heavy atom. The van der Waals surface area contributed by atoms with Crippen molar-refractivity contribution in [3.63, 3.8) is 0 Å². The van der Waals surface area contributed by atoms with Crippen LogP contribution in [-0.2, 0) is 0 Å². The predicted octanol–water partition coefficient (Wildman–Crippen LogP) is 3.20. The van der Waals surface area contributed by atoms with E-state index in [1.54, 1.807) is 24.3 Å². The first-order valence-corrected chi connectivity index (χ1v) is 8.62. The molecule has 1 aliphatic rings. The van der Waals surface area contributed by atoms with Crippen LogP contribution in [0, 0.1) is 22.0 Å². The van der Waals surface area contributed by atoms with E-state index in [1.807, 2.05) is 0 Å². The van der Waals surface area contributed by atoms with E-state index in [2.05, 4.69) is 23.9 Å². The summed E-state index contributed by atoms with van der Waals surface area (Å²) in [5.74, 6) is 0.285. The monoisotopic (exact) mass is 365 g/mol. The Labute approximate surface area is 149 Å². The Hall–Kier alpha value is -2.35. The van der Waals surface area contributed by atoms with Crippen LogP contribution in [0.5, 0.6) is 0 Å². The van der Waals surface area contributed by atoms with Gasteiger partial charge in [-0.25, -0.2) is 0 Å². The number of rotatable bonds is 3. The molecule has 1 saturated carbocycles. The van der Waals surface area contributed by atoms with Gasteiger partial charge in [0, 0.05) is 5.02 Å². The van der Waals surface area contributed by atoms with Gasteiger partial charge >= 0.3 is 5.82 Å². The summed E-state index contributed by atoms with van der Waals surface area (Å²) in [7, 11) is 0. The molecule has 1 fully saturated rings. The normalized spacial score (nSPS) is 24.4. The van der Waals surface area contributed by atoms with E-state index in [4.69, 9.17) is 11.6 Å². The van der Waals surface area contributed by atoms with Crippen molar-refractivity contribution < 1.29 is 10.1 Å². The Morgan fingerprint density at radius 1 is 1.40 bits per heavy atom. The van der Waals surface area contributed by atoms with Crippen molar-refractivity contribution >= 4 is 17.4 Å². The third-order valence-corrected chi connectivity index (χ3v) is 5.16. The Kier molecular flexibility index (Phi) is 4.80. The molecule has 9 heteroatoms. The van der Waals surface area contributed by atoms with E-state index in [-0.39, 0.29) is 17.4 Å². The van der Waals surface area contributed by atoms with Crippen LogP contribution < -0.4 is 5.49 Å². The number of nitrogens with zero attached hydrogens (tertiary/aromatic N) is 5. The highest BCUT2D eigenvalue weighted by molar-refractivity contribution is 6.30. The molecular weight excluding hydrogens is 346 g/mol. The van der Waals surface area contributed by atoms with E-state index < -0.39 is 10.7 Å². The van der Waals surface area contributed by atoms with Gasteiger partial charge in [0.15, 0.2) is 0 Å². The van der Waals surface area contributed by atoms with Crippen LogP contribution in [0.3, 0.4) is 0 Å². The third kappa shape index (κ3) is 3.39. The maximum absolute atomic E-state index is 11.4. The second-order valence-electron chi connectivity index (χ2n) is 6.53. The van der Waals surface area contributed by atoms with Crippen LogP contribution >= 0.6 is 11.6 Å². The third-order valence-electron chi connectivity index (χ3n) is 4.92. The molecule has 1 aromatic carbocycles. The lowest BCUT2D eigenvalue weighted by Crippen LogP contribution is -2.32. The standard InChI is InChI=1S/C16H20ClN5O3/c1-10-5-3-8-14(11(10)2)18-15-16(22(24)25)19-20(21(15)23)13-7-4-6-12(17)9-13/h4,6-7,9-11,14,23H,3,5,8H2,1-2H3/t10-,11+,14-/m1/s1. The summed E-state index contributed by atoms with van der Waals surface area (Å²) in [4.78, 5) is 16.9. The predicted molar refractivity (Wildman–Crippen MR) is 91.9 cm³/mol.